The zero-order valence-corrected chi connectivity index (χ0v) is 10.8. The van der Waals surface area contributed by atoms with Gasteiger partial charge >= 0.3 is 0 Å². The van der Waals surface area contributed by atoms with Gasteiger partial charge in [-0.15, -0.1) is 0 Å². The molecule has 0 aliphatic heterocycles. The Morgan fingerprint density at radius 3 is 2.33 bits per heavy atom. The highest BCUT2D eigenvalue weighted by atomic mass is 79.9. The first-order chi connectivity index (χ1) is 7.24. The normalized spacial score (nSPS) is 10.3. The molecule has 0 atom stereocenters. The summed E-state index contributed by atoms with van der Waals surface area (Å²) >= 11 is 5.22. The van der Waals surface area contributed by atoms with E-state index in [-0.39, 0.29) is 0 Å². The molecule has 2 heteroatoms. The van der Waals surface area contributed by atoms with E-state index in [4.69, 9.17) is 0 Å². The molecule has 15 heavy (non-hydrogen) atoms. The molecule has 0 spiro atoms. The average molecular weight is 279 g/mol. The monoisotopic (exact) mass is 278 g/mol. The summed E-state index contributed by atoms with van der Waals surface area (Å²) in [7, 11) is 0. The quantitative estimate of drug-likeness (QED) is 0.752. The SMILES string of the molecule is Cc1cccc(Sc2ccc(Br)cc2)c1. The second-order valence-corrected chi connectivity index (χ2v) is 5.44. The van der Waals surface area contributed by atoms with Gasteiger partial charge in [0.25, 0.3) is 0 Å². The van der Waals surface area contributed by atoms with E-state index in [1.54, 1.807) is 11.8 Å². The van der Waals surface area contributed by atoms with Crippen molar-refractivity contribution in [2.75, 3.05) is 0 Å². The third-order valence-corrected chi connectivity index (χ3v) is 3.57. The van der Waals surface area contributed by atoms with Gasteiger partial charge in [0.15, 0.2) is 0 Å². The van der Waals surface area contributed by atoms with Gasteiger partial charge in [-0.25, -0.2) is 0 Å². The molecule has 0 heterocycles. The Morgan fingerprint density at radius 1 is 0.933 bits per heavy atom. The molecule has 2 aromatic rings. The smallest absolute Gasteiger partial charge is 0.0176 e. The van der Waals surface area contributed by atoms with Gasteiger partial charge in [-0.1, -0.05) is 45.4 Å². The van der Waals surface area contributed by atoms with Crippen LogP contribution in [0.3, 0.4) is 0 Å². The van der Waals surface area contributed by atoms with Crippen molar-refractivity contribution in [1.29, 1.82) is 0 Å². The van der Waals surface area contributed by atoms with Crippen LogP contribution in [0.2, 0.25) is 0 Å². The summed E-state index contributed by atoms with van der Waals surface area (Å²) in [5, 5.41) is 0. The Bertz CT molecular complexity index is 448. The third kappa shape index (κ3) is 3.11. The van der Waals surface area contributed by atoms with E-state index in [0.717, 1.165) is 4.47 Å². The van der Waals surface area contributed by atoms with Crippen LogP contribution in [0.25, 0.3) is 0 Å². The van der Waals surface area contributed by atoms with Gasteiger partial charge < -0.3 is 0 Å². The first-order valence-corrected chi connectivity index (χ1v) is 6.35. The predicted octanol–water partition coefficient (Wildman–Crippen LogP) is 4.91. The van der Waals surface area contributed by atoms with Gasteiger partial charge in [-0.3, -0.25) is 0 Å². The van der Waals surface area contributed by atoms with Crippen LogP contribution in [-0.4, -0.2) is 0 Å². The second-order valence-electron chi connectivity index (χ2n) is 3.37. The molecule has 0 nitrogen and oxygen atoms in total. The molecule has 76 valence electrons. The maximum Gasteiger partial charge on any atom is 0.0176 e. The zero-order chi connectivity index (χ0) is 10.7. The van der Waals surface area contributed by atoms with Crippen LogP contribution in [0.1, 0.15) is 5.56 Å². The lowest BCUT2D eigenvalue weighted by Crippen LogP contribution is -1.75. The molecule has 0 unspecified atom stereocenters. The lowest BCUT2D eigenvalue weighted by Gasteiger charge is -2.02. The van der Waals surface area contributed by atoms with Crippen molar-refractivity contribution in [2.24, 2.45) is 0 Å². The number of hydrogen-bond acceptors (Lipinski definition) is 1. The molecule has 0 amide bonds. The van der Waals surface area contributed by atoms with Crippen molar-refractivity contribution < 1.29 is 0 Å². The van der Waals surface area contributed by atoms with Gasteiger partial charge in [0.05, 0.1) is 0 Å². The van der Waals surface area contributed by atoms with Crippen LogP contribution in [-0.2, 0) is 0 Å². The van der Waals surface area contributed by atoms with Crippen molar-refractivity contribution >= 4 is 27.7 Å². The van der Waals surface area contributed by atoms with Gasteiger partial charge in [0.1, 0.15) is 0 Å². The molecular formula is C13H11BrS. The summed E-state index contributed by atoms with van der Waals surface area (Å²) in [6.07, 6.45) is 0. The first kappa shape index (κ1) is 10.8. The average Bonchev–Trinajstić information content (AvgIpc) is 2.22. The Hall–Kier alpha value is -0.730. The third-order valence-electron chi connectivity index (χ3n) is 2.04. The number of aryl methyl sites for hydroxylation is 1. The number of rotatable bonds is 2. The van der Waals surface area contributed by atoms with Gasteiger partial charge in [-0.2, -0.15) is 0 Å². The van der Waals surface area contributed by atoms with Crippen LogP contribution in [0.5, 0.6) is 0 Å². The summed E-state index contributed by atoms with van der Waals surface area (Å²) < 4.78 is 1.12. The van der Waals surface area contributed by atoms with E-state index >= 15 is 0 Å². The molecule has 0 aromatic heterocycles. The number of hydrogen-bond donors (Lipinski definition) is 0. The molecule has 0 aliphatic rings. The molecule has 0 saturated carbocycles. The lowest BCUT2D eigenvalue weighted by molar-refractivity contribution is 1.34. The fourth-order valence-corrected chi connectivity index (χ4v) is 2.52. The molecule has 0 bridgehead atoms. The van der Waals surface area contributed by atoms with Gasteiger partial charge in [0, 0.05) is 14.3 Å². The Labute approximate surface area is 103 Å². The van der Waals surface area contributed by atoms with E-state index in [2.05, 4.69) is 71.4 Å². The number of benzene rings is 2. The van der Waals surface area contributed by atoms with E-state index < -0.39 is 0 Å². The summed E-state index contributed by atoms with van der Waals surface area (Å²) in [4.78, 5) is 2.56. The summed E-state index contributed by atoms with van der Waals surface area (Å²) in [6.45, 7) is 2.12. The van der Waals surface area contributed by atoms with Crippen LogP contribution >= 0.6 is 27.7 Å². The minimum Gasteiger partial charge on any atom is -0.0901 e. The molecule has 0 saturated heterocycles. The Balaban J connectivity index is 2.18. The van der Waals surface area contributed by atoms with Crippen molar-refractivity contribution in [3.05, 3.63) is 58.6 Å². The predicted molar refractivity (Wildman–Crippen MR) is 69.4 cm³/mol. The fourth-order valence-electron chi connectivity index (χ4n) is 1.32. The molecule has 0 fully saturated rings. The topological polar surface area (TPSA) is 0 Å². The highest BCUT2D eigenvalue weighted by Gasteiger charge is 1.97. The summed E-state index contributed by atoms with van der Waals surface area (Å²) in [5.74, 6) is 0. The standard InChI is InChI=1S/C13H11BrS/c1-10-3-2-4-13(9-10)15-12-7-5-11(14)6-8-12/h2-9H,1H3. The van der Waals surface area contributed by atoms with Crippen molar-refractivity contribution in [3.63, 3.8) is 0 Å². The van der Waals surface area contributed by atoms with Crippen LogP contribution in [0.15, 0.2) is 62.8 Å². The van der Waals surface area contributed by atoms with Gasteiger partial charge in [0.2, 0.25) is 0 Å². The first-order valence-electron chi connectivity index (χ1n) is 4.74. The van der Waals surface area contributed by atoms with E-state index in [1.807, 2.05) is 0 Å². The lowest BCUT2D eigenvalue weighted by atomic mass is 10.2. The minimum atomic E-state index is 1.12. The maximum atomic E-state index is 3.43. The zero-order valence-electron chi connectivity index (χ0n) is 8.41. The van der Waals surface area contributed by atoms with Crippen LogP contribution in [0.4, 0.5) is 0 Å². The molecule has 0 aliphatic carbocycles. The fraction of sp³-hybridized carbons (Fsp3) is 0.0769. The van der Waals surface area contributed by atoms with E-state index in [1.165, 1.54) is 15.4 Å². The van der Waals surface area contributed by atoms with Crippen LogP contribution < -0.4 is 0 Å². The highest BCUT2D eigenvalue weighted by Crippen LogP contribution is 2.28. The molecular weight excluding hydrogens is 268 g/mol. The van der Waals surface area contributed by atoms with E-state index in [9.17, 15) is 0 Å². The summed E-state index contributed by atoms with van der Waals surface area (Å²) in [6, 6.07) is 16.9. The Morgan fingerprint density at radius 2 is 1.67 bits per heavy atom. The number of halogens is 1. The largest absolute Gasteiger partial charge is 0.0901 e. The molecule has 0 radical (unpaired) electrons. The van der Waals surface area contributed by atoms with E-state index in [0.29, 0.717) is 0 Å². The summed E-state index contributed by atoms with van der Waals surface area (Å²) in [5.41, 5.74) is 1.30. The second kappa shape index (κ2) is 4.86. The van der Waals surface area contributed by atoms with Crippen LogP contribution in [0, 0.1) is 6.92 Å². The maximum absolute atomic E-state index is 3.43. The van der Waals surface area contributed by atoms with Crippen molar-refractivity contribution in [2.45, 2.75) is 16.7 Å². The molecule has 2 rings (SSSR count). The van der Waals surface area contributed by atoms with Gasteiger partial charge in [-0.05, 0) is 43.3 Å². The molecule has 0 N–H and O–H groups in total. The minimum absolute atomic E-state index is 1.12. The van der Waals surface area contributed by atoms with Crippen molar-refractivity contribution in [1.82, 2.24) is 0 Å². The van der Waals surface area contributed by atoms with Crippen molar-refractivity contribution in [3.8, 4) is 0 Å². The molecule has 2 aromatic carbocycles. The Kier molecular flexibility index (Phi) is 3.49. The highest BCUT2D eigenvalue weighted by molar-refractivity contribution is 9.10.